The van der Waals surface area contributed by atoms with E-state index in [1.807, 2.05) is 0 Å². The topological polar surface area (TPSA) is 36.0 Å². The molecule has 0 radical (unpaired) electrons. The number of aromatic nitrogens is 1. The molecule has 0 aliphatic carbocycles. The number of para-hydroxylation sites is 1. The number of quaternary nitrogens is 1. The number of nitrogens with zero attached hydrogens (tertiary/aromatic N) is 1. The fourth-order valence-corrected chi connectivity index (χ4v) is 6.02. The lowest BCUT2D eigenvalue weighted by molar-refractivity contribution is -0.978. The van der Waals surface area contributed by atoms with Crippen molar-refractivity contribution in [2.45, 2.75) is 31.8 Å². The smallest absolute Gasteiger partial charge is 0.131 e. The van der Waals surface area contributed by atoms with Gasteiger partial charge >= 0.3 is 0 Å². The Morgan fingerprint density at radius 2 is 2.12 bits per heavy atom. The Morgan fingerprint density at radius 3 is 2.88 bits per heavy atom. The summed E-state index contributed by atoms with van der Waals surface area (Å²) in [6, 6.07) is 9.84. The zero-order valence-electron chi connectivity index (χ0n) is 14.3. The van der Waals surface area contributed by atoms with E-state index in [9.17, 15) is 5.11 Å². The van der Waals surface area contributed by atoms with Gasteiger partial charge in [-0.05, 0) is 24.1 Å². The molecule has 0 unspecified atom stereocenters. The predicted molar refractivity (Wildman–Crippen MR) is 92.0 cm³/mol. The Labute approximate surface area is 149 Å². The van der Waals surface area contributed by atoms with Gasteiger partial charge in [-0.25, -0.2) is 0 Å². The van der Waals surface area contributed by atoms with Gasteiger partial charge in [0.15, 0.2) is 0 Å². The van der Waals surface area contributed by atoms with E-state index < -0.39 is 0 Å². The molecule has 4 aliphatic heterocycles. The van der Waals surface area contributed by atoms with Crippen LogP contribution in [-0.4, -0.2) is 40.8 Å². The van der Waals surface area contributed by atoms with Gasteiger partial charge in [0, 0.05) is 35.6 Å². The number of rotatable bonds is 1. The summed E-state index contributed by atoms with van der Waals surface area (Å²) >= 11 is 0. The highest BCUT2D eigenvalue weighted by Gasteiger charge is 2.61. The van der Waals surface area contributed by atoms with E-state index in [1.54, 1.807) is 5.57 Å². The molecule has 128 valence electrons. The maximum atomic E-state index is 10.1. The number of likely N-dealkylation sites (N-methyl/N-ethyl adjacent to an activating group) is 1. The average molecular weight is 345 g/mol. The van der Waals surface area contributed by atoms with E-state index >= 15 is 0 Å². The van der Waals surface area contributed by atoms with Crippen LogP contribution in [-0.2, 0) is 6.42 Å². The number of benzene rings is 1. The van der Waals surface area contributed by atoms with E-state index in [1.165, 1.54) is 28.6 Å². The van der Waals surface area contributed by atoms with Gasteiger partial charge < -0.3 is 27.0 Å². The van der Waals surface area contributed by atoms with Crippen LogP contribution in [0.2, 0.25) is 0 Å². The van der Waals surface area contributed by atoms with Crippen LogP contribution in [0.15, 0.2) is 35.9 Å². The first kappa shape index (κ1) is 16.2. The number of allylic oxidation sites excluding steroid dienone is 1. The van der Waals surface area contributed by atoms with Gasteiger partial charge in [0.1, 0.15) is 12.6 Å². The molecule has 4 heteroatoms. The molecule has 1 aromatic heterocycles. The second-order valence-electron chi connectivity index (χ2n) is 7.91. The van der Waals surface area contributed by atoms with Gasteiger partial charge in [-0.2, -0.15) is 0 Å². The molecular weight excluding hydrogens is 320 g/mol. The van der Waals surface area contributed by atoms with Crippen LogP contribution < -0.4 is 12.4 Å². The quantitative estimate of drug-likeness (QED) is 0.561. The number of hydrogen-bond acceptors (Lipinski definition) is 1. The lowest BCUT2D eigenvalue weighted by atomic mass is 9.62. The molecule has 5 heterocycles. The zero-order chi connectivity index (χ0) is 15.8. The van der Waals surface area contributed by atoms with Crippen molar-refractivity contribution >= 4 is 10.9 Å². The van der Waals surface area contributed by atoms with Crippen LogP contribution in [0.3, 0.4) is 0 Å². The van der Waals surface area contributed by atoms with Gasteiger partial charge in [0.2, 0.25) is 0 Å². The van der Waals surface area contributed by atoms with Crippen LogP contribution in [0.1, 0.15) is 30.6 Å². The standard InChI is InChI=1S/C20H25N2O.ClH/c1-3-12-10-22(2)18-9-15-13-6-4-5-7-17(13)21-20(15)19(22)8-14(12)16(18)11-23;/h3-7,14,16,18-19,21,23H,8-11H2,1-2H3;1H/q+1;/p-1/b12-3-;/t14-,16+,18-,19-,22+;/m0./s1. The number of fused-ring (bicyclic) bond motifs is 4. The number of aliphatic hydroxyl groups excluding tert-OH is 1. The van der Waals surface area contributed by atoms with E-state index in [-0.39, 0.29) is 12.4 Å². The Kier molecular flexibility index (Phi) is 3.61. The van der Waals surface area contributed by atoms with Crippen LogP contribution in [0.4, 0.5) is 0 Å². The van der Waals surface area contributed by atoms with Crippen molar-refractivity contribution < 1.29 is 22.0 Å². The third-order valence-corrected chi connectivity index (χ3v) is 7.13. The molecule has 24 heavy (non-hydrogen) atoms. The second kappa shape index (κ2) is 5.35. The van der Waals surface area contributed by atoms with Crippen LogP contribution in [0, 0.1) is 11.8 Å². The molecule has 4 aliphatic rings. The molecule has 3 nitrogen and oxygen atoms in total. The normalized spacial score (nSPS) is 38.2. The number of hydrogen-bond donors (Lipinski definition) is 2. The van der Waals surface area contributed by atoms with Crippen LogP contribution in [0.5, 0.6) is 0 Å². The molecule has 0 amide bonds. The van der Waals surface area contributed by atoms with E-state index in [0.717, 1.165) is 17.4 Å². The molecule has 3 saturated heterocycles. The summed E-state index contributed by atoms with van der Waals surface area (Å²) in [7, 11) is 2.42. The molecule has 2 N–H and O–H groups in total. The highest BCUT2D eigenvalue weighted by molar-refractivity contribution is 5.85. The van der Waals surface area contributed by atoms with E-state index in [0.29, 0.717) is 30.5 Å². The third kappa shape index (κ3) is 1.81. The van der Waals surface area contributed by atoms with Crippen LogP contribution >= 0.6 is 0 Å². The van der Waals surface area contributed by atoms with Crippen molar-refractivity contribution in [2.24, 2.45) is 11.8 Å². The van der Waals surface area contributed by atoms with Gasteiger partial charge in [-0.1, -0.05) is 24.3 Å². The summed E-state index contributed by atoms with van der Waals surface area (Å²) in [5, 5.41) is 11.5. The van der Waals surface area contributed by atoms with E-state index in [2.05, 4.69) is 49.3 Å². The molecule has 0 saturated carbocycles. The molecule has 1 aromatic carbocycles. The third-order valence-electron chi connectivity index (χ3n) is 7.13. The monoisotopic (exact) mass is 344 g/mol. The minimum atomic E-state index is 0. The number of aliphatic hydroxyl groups is 1. The molecule has 0 spiro atoms. The molecule has 4 bridgehead atoms. The molecular formula is C20H25ClN2O. The number of H-pyrrole nitrogens is 1. The highest BCUT2D eigenvalue weighted by Crippen LogP contribution is 2.57. The summed E-state index contributed by atoms with van der Waals surface area (Å²) in [4.78, 5) is 3.75. The van der Waals surface area contributed by atoms with Crippen molar-refractivity contribution in [1.29, 1.82) is 0 Å². The van der Waals surface area contributed by atoms with Gasteiger partial charge in [0.25, 0.3) is 0 Å². The number of halogens is 1. The van der Waals surface area contributed by atoms with Crippen molar-refractivity contribution in [3.8, 4) is 0 Å². The van der Waals surface area contributed by atoms with Gasteiger partial charge in [-0.3, -0.25) is 0 Å². The average Bonchev–Trinajstić information content (AvgIpc) is 2.92. The maximum absolute atomic E-state index is 10.1. The summed E-state index contributed by atoms with van der Waals surface area (Å²) < 4.78 is 1.08. The number of nitrogens with one attached hydrogen (secondary N) is 1. The lowest BCUT2D eigenvalue weighted by Crippen LogP contribution is -3.00. The Hall–Kier alpha value is -1.29. The molecule has 3 fully saturated rings. The maximum Gasteiger partial charge on any atom is 0.131 e. The summed E-state index contributed by atoms with van der Waals surface area (Å²) in [5.41, 5.74) is 5.84. The van der Waals surface area contributed by atoms with E-state index in [4.69, 9.17) is 0 Å². The first-order chi connectivity index (χ1) is 11.2. The minimum Gasteiger partial charge on any atom is -1.00 e. The molecule has 5 atom stereocenters. The van der Waals surface area contributed by atoms with Crippen molar-refractivity contribution in [3.63, 3.8) is 0 Å². The first-order valence-electron chi connectivity index (χ1n) is 8.87. The predicted octanol–water partition coefficient (Wildman–Crippen LogP) is 0.173. The minimum absolute atomic E-state index is 0. The fraction of sp³-hybridized carbons (Fsp3) is 0.500. The van der Waals surface area contributed by atoms with Gasteiger partial charge in [-0.15, -0.1) is 0 Å². The number of piperidine rings is 3. The Bertz CT molecular complexity index is 826. The highest BCUT2D eigenvalue weighted by atomic mass is 35.5. The van der Waals surface area contributed by atoms with Crippen molar-refractivity contribution in [1.82, 2.24) is 4.98 Å². The second-order valence-corrected chi connectivity index (χ2v) is 7.91. The number of aromatic amines is 1. The lowest BCUT2D eigenvalue weighted by Gasteiger charge is -2.62. The Balaban J connectivity index is 0.00000146. The van der Waals surface area contributed by atoms with Gasteiger partial charge in [0.05, 0.1) is 25.4 Å². The van der Waals surface area contributed by atoms with Crippen molar-refractivity contribution in [2.75, 3.05) is 20.2 Å². The Morgan fingerprint density at radius 1 is 1.33 bits per heavy atom. The summed E-state index contributed by atoms with van der Waals surface area (Å²) in [6.45, 7) is 3.65. The van der Waals surface area contributed by atoms with Crippen molar-refractivity contribution in [3.05, 3.63) is 47.2 Å². The summed E-state index contributed by atoms with van der Waals surface area (Å²) in [6.07, 6.45) is 4.59. The zero-order valence-corrected chi connectivity index (χ0v) is 15.1. The van der Waals surface area contributed by atoms with Crippen LogP contribution in [0.25, 0.3) is 10.9 Å². The summed E-state index contributed by atoms with van der Waals surface area (Å²) in [5.74, 6) is 0.984. The SMILES string of the molecule is C/C=C1/C[N@@+]2(C)[C@H]3C[C@@H]1[C@@H](CO)[C@@H]2Cc1c3[nH]c2ccccc12.[Cl-]. The largest absolute Gasteiger partial charge is 1.00 e. The molecule has 2 aromatic rings. The molecule has 6 rings (SSSR count). The fourth-order valence-electron chi connectivity index (χ4n) is 6.02. The first-order valence-corrected chi connectivity index (χ1v) is 8.87.